The molecule has 1 aromatic heterocycles. The van der Waals surface area contributed by atoms with Crippen molar-refractivity contribution in [3.05, 3.63) is 72.1 Å². The molecule has 0 spiro atoms. The van der Waals surface area contributed by atoms with Gasteiger partial charge in [0, 0.05) is 5.56 Å². The summed E-state index contributed by atoms with van der Waals surface area (Å²) in [6.07, 6.45) is 3.18. The first-order valence-electron chi connectivity index (χ1n) is 7.53. The summed E-state index contributed by atoms with van der Waals surface area (Å²) in [6.45, 7) is 0. The van der Waals surface area contributed by atoms with Crippen molar-refractivity contribution in [1.29, 1.82) is 5.26 Å². The molecule has 124 valence electrons. The largest absolute Gasteiger partial charge is 0.496 e. The number of benzene rings is 2. The fourth-order valence-corrected chi connectivity index (χ4v) is 2.50. The minimum Gasteiger partial charge on any atom is -0.496 e. The number of carbonyl (C=O) groups is 1. The Morgan fingerprint density at radius 1 is 1.24 bits per heavy atom. The zero-order valence-corrected chi connectivity index (χ0v) is 13.5. The average Bonchev–Trinajstić information content (AvgIpc) is 3.20. The number of carbonyl (C=O) groups excluding carboxylic acids is 1. The highest BCUT2D eigenvalue weighted by molar-refractivity contribution is 5.98. The summed E-state index contributed by atoms with van der Waals surface area (Å²) in [5.41, 5.74) is 1.57. The van der Waals surface area contributed by atoms with E-state index in [4.69, 9.17) is 4.74 Å². The van der Waals surface area contributed by atoms with E-state index >= 15 is 0 Å². The van der Waals surface area contributed by atoms with Crippen molar-refractivity contribution < 1.29 is 9.53 Å². The van der Waals surface area contributed by atoms with Crippen LogP contribution < -0.4 is 10.1 Å². The van der Waals surface area contributed by atoms with Gasteiger partial charge in [-0.1, -0.05) is 35.5 Å². The van der Waals surface area contributed by atoms with E-state index in [0.717, 1.165) is 0 Å². The van der Waals surface area contributed by atoms with E-state index in [1.54, 1.807) is 54.7 Å². The van der Waals surface area contributed by atoms with Crippen molar-refractivity contribution in [2.75, 3.05) is 7.11 Å². The molecule has 0 aliphatic heterocycles. The highest BCUT2D eigenvalue weighted by Gasteiger charge is 2.20. The Bertz CT molecular complexity index is 915. The van der Waals surface area contributed by atoms with Gasteiger partial charge in [-0.2, -0.15) is 5.26 Å². The number of nitrogens with one attached hydrogen (secondary N) is 1. The number of rotatable bonds is 5. The smallest absolute Gasteiger partial charge is 0.254 e. The zero-order chi connectivity index (χ0) is 17.6. The normalized spacial score (nSPS) is 11.4. The maximum Gasteiger partial charge on any atom is 0.254 e. The van der Waals surface area contributed by atoms with Crippen molar-refractivity contribution in [2.24, 2.45) is 0 Å². The van der Waals surface area contributed by atoms with Gasteiger partial charge in [0.25, 0.3) is 5.91 Å². The second kappa shape index (κ2) is 7.27. The van der Waals surface area contributed by atoms with Gasteiger partial charge in [0.15, 0.2) is 0 Å². The highest BCUT2D eigenvalue weighted by Crippen LogP contribution is 2.25. The van der Waals surface area contributed by atoms with Crippen LogP contribution in [0, 0.1) is 11.3 Å². The predicted molar refractivity (Wildman–Crippen MR) is 90.2 cm³/mol. The molecule has 0 unspecified atom stereocenters. The third-order valence-electron chi connectivity index (χ3n) is 3.67. The molecule has 3 rings (SSSR count). The molecule has 2 aromatic carbocycles. The molecule has 1 amide bonds. The van der Waals surface area contributed by atoms with Gasteiger partial charge in [0.1, 0.15) is 11.8 Å². The van der Waals surface area contributed by atoms with Crippen molar-refractivity contribution in [2.45, 2.75) is 6.04 Å². The molecule has 3 aromatic rings. The van der Waals surface area contributed by atoms with E-state index in [-0.39, 0.29) is 5.91 Å². The molecule has 0 saturated carbocycles. The molecule has 0 radical (unpaired) electrons. The molecule has 0 bridgehead atoms. The Morgan fingerprint density at radius 2 is 2.00 bits per heavy atom. The number of aromatic nitrogens is 3. The average molecular weight is 333 g/mol. The van der Waals surface area contributed by atoms with E-state index in [1.807, 2.05) is 0 Å². The van der Waals surface area contributed by atoms with Gasteiger partial charge in [-0.05, 0) is 18.2 Å². The van der Waals surface area contributed by atoms with E-state index in [2.05, 4.69) is 21.7 Å². The van der Waals surface area contributed by atoms with Crippen molar-refractivity contribution in [1.82, 2.24) is 20.3 Å². The molecule has 1 heterocycles. The second-order valence-electron chi connectivity index (χ2n) is 5.14. The van der Waals surface area contributed by atoms with E-state index in [9.17, 15) is 10.1 Å². The summed E-state index contributed by atoms with van der Waals surface area (Å²) in [5, 5.41) is 19.9. The van der Waals surface area contributed by atoms with E-state index in [0.29, 0.717) is 22.6 Å². The number of para-hydroxylation sites is 2. The summed E-state index contributed by atoms with van der Waals surface area (Å²) in [5.74, 6) is 0.155. The lowest BCUT2D eigenvalue weighted by Crippen LogP contribution is -2.29. The van der Waals surface area contributed by atoms with Gasteiger partial charge in [-0.3, -0.25) is 4.79 Å². The number of methoxy groups -OCH3 is 1. The standard InChI is InChI=1S/C18H15N5O2/c1-25-17-9-5-3-6-13(17)15(12-19)21-18(24)14-7-2-4-8-16(14)23-11-10-20-22-23/h2-11,15H,1H3,(H,21,24)/t15-/m1/s1. The summed E-state index contributed by atoms with van der Waals surface area (Å²) < 4.78 is 6.77. The highest BCUT2D eigenvalue weighted by atomic mass is 16.5. The molecule has 0 aliphatic carbocycles. The topological polar surface area (TPSA) is 92.8 Å². The fraction of sp³-hybridized carbons (Fsp3) is 0.111. The Balaban J connectivity index is 1.91. The van der Waals surface area contributed by atoms with Gasteiger partial charge >= 0.3 is 0 Å². The lowest BCUT2D eigenvalue weighted by Gasteiger charge is -2.16. The molecule has 0 aliphatic rings. The number of amides is 1. The minimum absolute atomic E-state index is 0.386. The molecule has 0 saturated heterocycles. The van der Waals surface area contributed by atoms with Crippen molar-refractivity contribution in [3.8, 4) is 17.5 Å². The summed E-state index contributed by atoms with van der Waals surface area (Å²) in [7, 11) is 1.52. The Hall–Kier alpha value is -3.66. The SMILES string of the molecule is COc1ccccc1[C@@H](C#N)NC(=O)c1ccccc1-n1ccnn1. The minimum atomic E-state index is -0.840. The number of ether oxygens (including phenoxy) is 1. The number of nitrogens with zero attached hydrogens (tertiary/aromatic N) is 4. The molecular weight excluding hydrogens is 318 g/mol. The van der Waals surface area contributed by atoms with Crippen LogP contribution in [0.15, 0.2) is 60.9 Å². The van der Waals surface area contributed by atoms with E-state index in [1.165, 1.54) is 18.0 Å². The molecule has 1 N–H and O–H groups in total. The first-order valence-corrected chi connectivity index (χ1v) is 7.53. The Morgan fingerprint density at radius 3 is 2.72 bits per heavy atom. The van der Waals surface area contributed by atoms with Crippen LogP contribution in [0.3, 0.4) is 0 Å². The van der Waals surface area contributed by atoms with Crippen LogP contribution in [0.5, 0.6) is 5.75 Å². The van der Waals surface area contributed by atoms with Crippen LogP contribution in [0.25, 0.3) is 5.69 Å². The molecule has 1 atom stereocenters. The summed E-state index contributed by atoms with van der Waals surface area (Å²) in [4.78, 5) is 12.7. The van der Waals surface area contributed by atoms with Gasteiger partial charge in [0.05, 0.1) is 36.8 Å². The van der Waals surface area contributed by atoms with Crippen molar-refractivity contribution >= 4 is 5.91 Å². The molecular formula is C18H15N5O2. The number of hydrogen-bond donors (Lipinski definition) is 1. The fourth-order valence-electron chi connectivity index (χ4n) is 2.50. The van der Waals surface area contributed by atoms with Gasteiger partial charge in [0.2, 0.25) is 0 Å². The second-order valence-corrected chi connectivity index (χ2v) is 5.14. The predicted octanol–water partition coefficient (Wildman–Crippen LogP) is 2.27. The lowest BCUT2D eigenvalue weighted by molar-refractivity contribution is 0.0944. The summed E-state index contributed by atoms with van der Waals surface area (Å²) in [6, 6.07) is 15.3. The van der Waals surface area contributed by atoms with Gasteiger partial charge < -0.3 is 10.1 Å². The van der Waals surface area contributed by atoms with Crippen LogP contribution in [-0.4, -0.2) is 28.0 Å². The van der Waals surface area contributed by atoms with E-state index < -0.39 is 6.04 Å². The third-order valence-corrected chi connectivity index (χ3v) is 3.67. The molecule has 0 fully saturated rings. The van der Waals surface area contributed by atoms with Gasteiger partial charge in [-0.25, -0.2) is 4.68 Å². The number of hydrogen-bond acceptors (Lipinski definition) is 5. The maximum absolute atomic E-state index is 12.7. The lowest BCUT2D eigenvalue weighted by atomic mass is 10.1. The third kappa shape index (κ3) is 3.33. The van der Waals surface area contributed by atoms with Crippen LogP contribution in [0.1, 0.15) is 22.0 Å². The molecule has 7 nitrogen and oxygen atoms in total. The Labute approximate surface area is 144 Å². The van der Waals surface area contributed by atoms with Crippen LogP contribution in [-0.2, 0) is 0 Å². The maximum atomic E-state index is 12.7. The number of nitriles is 1. The first kappa shape index (κ1) is 16.2. The van der Waals surface area contributed by atoms with Crippen LogP contribution in [0.4, 0.5) is 0 Å². The van der Waals surface area contributed by atoms with Crippen LogP contribution in [0.2, 0.25) is 0 Å². The molecule has 7 heteroatoms. The van der Waals surface area contributed by atoms with Crippen LogP contribution >= 0.6 is 0 Å². The van der Waals surface area contributed by atoms with Gasteiger partial charge in [-0.15, -0.1) is 5.10 Å². The van der Waals surface area contributed by atoms with Crippen molar-refractivity contribution in [3.63, 3.8) is 0 Å². The first-order chi connectivity index (χ1) is 12.2. The monoisotopic (exact) mass is 333 g/mol. The molecule has 25 heavy (non-hydrogen) atoms. The zero-order valence-electron chi connectivity index (χ0n) is 13.5. The quantitative estimate of drug-likeness (QED) is 0.773. The Kier molecular flexibility index (Phi) is 4.72. The summed E-state index contributed by atoms with van der Waals surface area (Å²) >= 11 is 0.